The highest BCUT2D eigenvalue weighted by Crippen LogP contribution is 2.21. The third-order valence-electron chi connectivity index (χ3n) is 4.15. The molecular formula is C21H14F2N2O2. The molecule has 0 aliphatic heterocycles. The molecule has 0 spiro atoms. The van der Waals surface area contributed by atoms with Crippen molar-refractivity contribution in [2.45, 2.75) is 6.61 Å². The molecule has 0 radical (unpaired) electrons. The van der Waals surface area contributed by atoms with E-state index < -0.39 is 11.6 Å². The smallest absolute Gasteiger partial charge is 0.259 e. The summed E-state index contributed by atoms with van der Waals surface area (Å²) in [5.41, 5.74) is 1.92. The number of nitrogens with zero attached hydrogens (tertiary/aromatic N) is 1. The molecule has 0 saturated heterocycles. The topological polar surface area (TPSA) is 55.0 Å². The van der Waals surface area contributed by atoms with Crippen LogP contribution < -0.4 is 10.3 Å². The number of hydrogen-bond acceptors (Lipinski definition) is 3. The Kier molecular flexibility index (Phi) is 4.38. The fraction of sp³-hybridized carbons (Fsp3) is 0.0476. The molecule has 0 atom stereocenters. The van der Waals surface area contributed by atoms with E-state index in [1.165, 1.54) is 12.1 Å². The second kappa shape index (κ2) is 6.99. The highest BCUT2D eigenvalue weighted by molar-refractivity contribution is 5.79. The summed E-state index contributed by atoms with van der Waals surface area (Å²) in [5.74, 6) is -1.64. The average Bonchev–Trinajstić information content (AvgIpc) is 2.69. The number of halogens is 2. The lowest BCUT2D eigenvalue weighted by Crippen LogP contribution is -2.09. The van der Waals surface area contributed by atoms with Crippen molar-refractivity contribution in [1.82, 2.24) is 9.97 Å². The molecule has 1 aromatic heterocycles. The minimum absolute atomic E-state index is 0.0856. The van der Waals surface area contributed by atoms with E-state index in [1.807, 2.05) is 6.07 Å². The van der Waals surface area contributed by atoms with Gasteiger partial charge in [-0.15, -0.1) is 0 Å². The van der Waals surface area contributed by atoms with Gasteiger partial charge in [0.05, 0.1) is 10.9 Å². The van der Waals surface area contributed by atoms with Gasteiger partial charge < -0.3 is 9.72 Å². The number of ether oxygens (including phenoxy) is 1. The highest BCUT2D eigenvalue weighted by Gasteiger charge is 2.09. The van der Waals surface area contributed by atoms with Crippen molar-refractivity contribution >= 4 is 10.9 Å². The Bertz CT molecular complexity index is 1170. The first-order chi connectivity index (χ1) is 13.1. The van der Waals surface area contributed by atoms with Crippen molar-refractivity contribution in [2.75, 3.05) is 0 Å². The van der Waals surface area contributed by atoms with E-state index in [4.69, 9.17) is 4.74 Å². The molecule has 0 bridgehead atoms. The van der Waals surface area contributed by atoms with Gasteiger partial charge in [0.1, 0.15) is 12.4 Å². The normalized spacial score (nSPS) is 10.9. The van der Waals surface area contributed by atoms with Gasteiger partial charge in [-0.05, 0) is 29.8 Å². The van der Waals surface area contributed by atoms with Crippen LogP contribution in [0.25, 0.3) is 22.3 Å². The first-order valence-corrected chi connectivity index (χ1v) is 8.27. The molecule has 0 aliphatic rings. The molecule has 0 unspecified atom stereocenters. The third kappa shape index (κ3) is 3.42. The molecule has 3 aromatic carbocycles. The molecule has 4 rings (SSSR count). The van der Waals surface area contributed by atoms with Crippen LogP contribution in [0.2, 0.25) is 0 Å². The Morgan fingerprint density at radius 1 is 0.926 bits per heavy atom. The minimum atomic E-state index is -1.01. The minimum Gasteiger partial charge on any atom is -0.486 e. The molecule has 0 amide bonds. The highest BCUT2D eigenvalue weighted by atomic mass is 19.2. The van der Waals surface area contributed by atoms with Gasteiger partial charge in [0, 0.05) is 5.56 Å². The summed E-state index contributed by atoms with van der Waals surface area (Å²) < 4.78 is 32.1. The number of H-pyrrole nitrogens is 1. The fourth-order valence-corrected chi connectivity index (χ4v) is 2.74. The van der Waals surface area contributed by atoms with Gasteiger partial charge in [-0.2, -0.15) is 4.39 Å². The summed E-state index contributed by atoms with van der Waals surface area (Å²) in [6.07, 6.45) is 0. The number of rotatable bonds is 4. The fourth-order valence-electron chi connectivity index (χ4n) is 2.74. The van der Waals surface area contributed by atoms with Crippen LogP contribution in [0.4, 0.5) is 8.78 Å². The maximum absolute atomic E-state index is 13.6. The van der Waals surface area contributed by atoms with Crippen LogP contribution in [0.3, 0.4) is 0 Å². The average molecular weight is 364 g/mol. The zero-order valence-electron chi connectivity index (χ0n) is 14.1. The predicted molar refractivity (Wildman–Crippen MR) is 98.5 cm³/mol. The lowest BCUT2D eigenvalue weighted by Gasteiger charge is -2.08. The maximum Gasteiger partial charge on any atom is 0.259 e. The standard InChI is InChI=1S/C21H14F2N2O2/c22-16-5-3-7-18(19(16)23)27-12-13-8-10-14(11-9-13)20-24-17-6-2-1-4-15(17)21(26)25-20/h1-11H,12H2,(H,24,25,26). The van der Waals surface area contributed by atoms with Gasteiger partial charge in [-0.3, -0.25) is 4.79 Å². The number of nitrogens with one attached hydrogen (secondary N) is 1. The van der Waals surface area contributed by atoms with Gasteiger partial charge in [-0.25, -0.2) is 9.37 Å². The van der Waals surface area contributed by atoms with Crippen LogP contribution in [0.5, 0.6) is 5.75 Å². The molecule has 0 aliphatic carbocycles. The Morgan fingerprint density at radius 3 is 2.52 bits per heavy atom. The maximum atomic E-state index is 13.6. The van der Waals surface area contributed by atoms with Gasteiger partial charge in [0.15, 0.2) is 11.6 Å². The summed E-state index contributed by atoms with van der Waals surface area (Å²) in [6.45, 7) is 0.0856. The van der Waals surface area contributed by atoms with Gasteiger partial charge in [0.25, 0.3) is 5.56 Å². The molecule has 1 heterocycles. The number of benzene rings is 3. The molecule has 0 fully saturated rings. The van der Waals surface area contributed by atoms with Crippen molar-refractivity contribution in [3.63, 3.8) is 0 Å². The van der Waals surface area contributed by atoms with E-state index in [0.717, 1.165) is 17.2 Å². The van der Waals surface area contributed by atoms with Crippen LogP contribution in [-0.4, -0.2) is 9.97 Å². The number of fused-ring (bicyclic) bond motifs is 1. The summed E-state index contributed by atoms with van der Waals surface area (Å²) in [4.78, 5) is 19.4. The van der Waals surface area contributed by atoms with E-state index in [0.29, 0.717) is 16.7 Å². The first-order valence-electron chi connectivity index (χ1n) is 8.27. The quantitative estimate of drug-likeness (QED) is 0.582. The van der Waals surface area contributed by atoms with E-state index >= 15 is 0 Å². The van der Waals surface area contributed by atoms with Crippen LogP contribution in [0, 0.1) is 11.6 Å². The molecule has 4 nitrogen and oxygen atoms in total. The van der Waals surface area contributed by atoms with Crippen molar-refractivity contribution in [3.05, 3.63) is 94.3 Å². The SMILES string of the molecule is O=c1[nH]c(-c2ccc(COc3cccc(F)c3F)cc2)nc2ccccc12. The first kappa shape index (κ1) is 16.9. The predicted octanol–water partition coefficient (Wildman–Crippen LogP) is 4.45. The van der Waals surface area contributed by atoms with E-state index in [-0.39, 0.29) is 17.9 Å². The molecule has 0 saturated carbocycles. The third-order valence-corrected chi connectivity index (χ3v) is 4.15. The van der Waals surface area contributed by atoms with Crippen molar-refractivity contribution in [3.8, 4) is 17.1 Å². The van der Waals surface area contributed by atoms with E-state index in [1.54, 1.807) is 42.5 Å². The van der Waals surface area contributed by atoms with E-state index in [2.05, 4.69) is 9.97 Å². The molecule has 27 heavy (non-hydrogen) atoms. The lowest BCUT2D eigenvalue weighted by atomic mass is 10.1. The molecule has 134 valence electrons. The lowest BCUT2D eigenvalue weighted by molar-refractivity contribution is 0.284. The second-order valence-corrected chi connectivity index (χ2v) is 5.97. The van der Waals surface area contributed by atoms with Gasteiger partial charge >= 0.3 is 0 Å². The second-order valence-electron chi connectivity index (χ2n) is 5.97. The number of para-hydroxylation sites is 1. The van der Waals surface area contributed by atoms with Gasteiger partial charge in [-0.1, -0.05) is 42.5 Å². The zero-order valence-corrected chi connectivity index (χ0v) is 14.1. The van der Waals surface area contributed by atoms with Crippen molar-refractivity contribution in [2.24, 2.45) is 0 Å². The molecule has 1 N–H and O–H groups in total. The Labute approximate surface area is 153 Å². The Morgan fingerprint density at radius 2 is 1.70 bits per heavy atom. The Balaban J connectivity index is 1.56. The van der Waals surface area contributed by atoms with Crippen molar-refractivity contribution in [1.29, 1.82) is 0 Å². The summed E-state index contributed by atoms with van der Waals surface area (Å²) >= 11 is 0. The Hall–Kier alpha value is -3.54. The molecule has 6 heteroatoms. The number of hydrogen-bond donors (Lipinski definition) is 1. The van der Waals surface area contributed by atoms with Crippen LogP contribution >= 0.6 is 0 Å². The summed E-state index contributed by atoms with van der Waals surface area (Å²) in [7, 11) is 0. The molecule has 4 aromatic rings. The van der Waals surface area contributed by atoms with Crippen LogP contribution in [-0.2, 0) is 6.61 Å². The van der Waals surface area contributed by atoms with Crippen molar-refractivity contribution < 1.29 is 13.5 Å². The zero-order chi connectivity index (χ0) is 18.8. The number of aromatic amines is 1. The molecular weight excluding hydrogens is 350 g/mol. The van der Waals surface area contributed by atoms with Gasteiger partial charge in [0.2, 0.25) is 5.82 Å². The summed E-state index contributed by atoms with van der Waals surface area (Å²) in [6, 6.07) is 18.0. The monoisotopic (exact) mass is 364 g/mol. The van der Waals surface area contributed by atoms with E-state index in [9.17, 15) is 13.6 Å². The largest absolute Gasteiger partial charge is 0.486 e. The van der Waals surface area contributed by atoms with Crippen LogP contribution in [0.15, 0.2) is 71.5 Å². The summed E-state index contributed by atoms with van der Waals surface area (Å²) in [5, 5.41) is 0.531. The number of aromatic nitrogens is 2. The van der Waals surface area contributed by atoms with Crippen LogP contribution in [0.1, 0.15) is 5.56 Å².